The van der Waals surface area contributed by atoms with Crippen molar-refractivity contribution < 1.29 is 0 Å². The minimum Gasteiger partial charge on any atom is -0.353 e. The number of aromatic nitrogens is 2. The molecule has 5 nitrogen and oxygen atoms in total. The molecule has 0 aliphatic carbocycles. The molecule has 2 N–H and O–H groups in total. The van der Waals surface area contributed by atoms with E-state index < -0.39 is 0 Å². The monoisotopic (exact) mass is 235 g/mol. The smallest absolute Gasteiger partial charge is 0.151 e. The topological polar surface area (TPSA) is 58.3 Å². The molecule has 1 aromatic heterocycles. The van der Waals surface area contributed by atoms with Crippen LogP contribution in [0, 0.1) is 0 Å². The predicted octanol–water partition coefficient (Wildman–Crippen LogP) is 0.336. The van der Waals surface area contributed by atoms with Crippen LogP contribution in [0.5, 0.6) is 0 Å². The van der Waals surface area contributed by atoms with Gasteiger partial charge in [0.2, 0.25) is 0 Å². The molecule has 1 unspecified atom stereocenters. The lowest BCUT2D eigenvalue weighted by Gasteiger charge is -2.38. The summed E-state index contributed by atoms with van der Waals surface area (Å²) in [5, 5.41) is 8.07. The molecule has 17 heavy (non-hydrogen) atoms. The highest BCUT2D eigenvalue weighted by atomic mass is 15.3. The second-order valence-corrected chi connectivity index (χ2v) is 4.40. The molecule has 2 heterocycles. The van der Waals surface area contributed by atoms with Crippen molar-refractivity contribution in [2.75, 3.05) is 37.6 Å². The Morgan fingerprint density at radius 3 is 2.65 bits per heavy atom. The van der Waals surface area contributed by atoms with Gasteiger partial charge < -0.3 is 10.6 Å². The lowest BCUT2D eigenvalue weighted by atomic mass is 10.1. The maximum Gasteiger partial charge on any atom is 0.151 e. The second-order valence-electron chi connectivity index (χ2n) is 4.40. The molecule has 1 aromatic rings. The van der Waals surface area contributed by atoms with Gasteiger partial charge in [-0.1, -0.05) is 6.92 Å². The predicted molar refractivity (Wildman–Crippen MR) is 69.0 cm³/mol. The lowest BCUT2D eigenvalue weighted by molar-refractivity contribution is 0.184. The maximum absolute atomic E-state index is 5.78. The number of rotatable bonds is 4. The third kappa shape index (κ3) is 2.92. The molecule has 0 aromatic carbocycles. The minimum atomic E-state index is 0.527. The first-order chi connectivity index (χ1) is 8.35. The van der Waals surface area contributed by atoms with Crippen LogP contribution in [0.2, 0.25) is 0 Å². The van der Waals surface area contributed by atoms with Crippen LogP contribution in [0.1, 0.15) is 13.3 Å². The number of hydrogen-bond acceptors (Lipinski definition) is 5. The van der Waals surface area contributed by atoms with E-state index in [-0.39, 0.29) is 0 Å². The van der Waals surface area contributed by atoms with Crippen molar-refractivity contribution in [3.8, 4) is 0 Å². The van der Waals surface area contributed by atoms with Crippen molar-refractivity contribution in [2.45, 2.75) is 19.4 Å². The summed E-state index contributed by atoms with van der Waals surface area (Å²) in [6.07, 6.45) is 2.84. The van der Waals surface area contributed by atoms with Crippen molar-refractivity contribution in [2.24, 2.45) is 5.73 Å². The fraction of sp³-hybridized carbons (Fsp3) is 0.667. The summed E-state index contributed by atoms with van der Waals surface area (Å²) in [4.78, 5) is 4.76. The van der Waals surface area contributed by atoms with E-state index in [1.807, 2.05) is 12.1 Å². The van der Waals surface area contributed by atoms with E-state index in [0.29, 0.717) is 6.04 Å². The standard InChI is InChI=1S/C12H21N5/c1-2-11(10-13)16-6-8-17(9-7-16)12-4-3-5-14-15-12/h3-5,11H,2,6-10,13H2,1H3. The van der Waals surface area contributed by atoms with Crippen LogP contribution in [-0.4, -0.2) is 53.9 Å². The van der Waals surface area contributed by atoms with Crippen LogP contribution in [0.3, 0.4) is 0 Å². The largest absolute Gasteiger partial charge is 0.353 e. The first kappa shape index (κ1) is 12.3. The highest BCUT2D eigenvalue weighted by molar-refractivity contribution is 5.36. The van der Waals surface area contributed by atoms with Gasteiger partial charge in [0.15, 0.2) is 5.82 Å². The summed E-state index contributed by atoms with van der Waals surface area (Å²) in [5.41, 5.74) is 5.78. The van der Waals surface area contributed by atoms with Crippen molar-refractivity contribution in [3.05, 3.63) is 18.3 Å². The van der Waals surface area contributed by atoms with E-state index >= 15 is 0 Å². The zero-order chi connectivity index (χ0) is 12.1. The van der Waals surface area contributed by atoms with Crippen LogP contribution in [0.25, 0.3) is 0 Å². The fourth-order valence-electron chi connectivity index (χ4n) is 2.35. The van der Waals surface area contributed by atoms with E-state index in [4.69, 9.17) is 5.73 Å². The van der Waals surface area contributed by atoms with Gasteiger partial charge in [-0.15, -0.1) is 5.10 Å². The average molecular weight is 235 g/mol. The van der Waals surface area contributed by atoms with Gasteiger partial charge >= 0.3 is 0 Å². The lowest BCUT2D eigenvalue weighted by Crippen LogP contribution is -2.52. The van der Waals surface area contributed by atoms with Gasteiger partial charge in [-0.25, -0.2) is 0 Å². The average Bonchev–Trinajstić information content (AvgIpc) is 2.42. The molecule has 1 aliphatic heterocycles. The van der Waals surface area contributed by atoms with Crippen LogP contribution in [0.15, 0.2) is 18.3 Å². The summed E-state index contributed by atoms with van der Waals surface area (Å²) in [5.74, 6) is 0.980. The number of piperazine rings is 1. The van der Waals surface area contributed by atoms with E-state index in [0.717, 1.165) is 45.0 Å². The number of nitrogens with zero attached hydrogens (tertiary/aromatic N) is 4. The second kappa shape index (κ2) is 5.93. The molecule has 0 amide bonds. The zero-order valence-corrected chi connectivity index (χ0v) is 10.4. The Morgan fingerprint density at radius 1 is 1.35 bits per heavy atom. The highest BCUT2D eigenvalue weighted by Crippen LogP contribution is 2.14. The maximum atomic E-state index is 5.78. The molecule has 5 heteroatoms. The minimum absolute atomic E-state index is 0.527. The molecule has 0 spiro atoms. The van der Waals surface area contributed by atoms with E-state index in [9.17, 15) is 0 Å². The summed E-state index contributed by atoms with van der Waals surface area (Å²) in [6, 6.07) is 4.48. The Morgan fingerprint density at radius 2 is 2.12 bits per heavy atom. The number of hydrogen-bond donors (Lipinski definition) is 1. The Hall–Kier alpha value is -1.20. The van der Waals surface area contributed by atoms with Crippen LogP contribution < -0.4 is 10.6 Å². The molecule has 0 radical (unpaired) electrons. The van der Waals surface area contributed by atoms with Crippen LogP contribution in [-0.2, 0) is 0 Å². The molecule has 1 atom stereocenters. The normalized spacial score (nSPS) is 19.3. The number of anilines is 1. The molecular weight excluding hydrogens is 214 g/mol. The fourth-order valence-corrected chi connectivity index (χ4v) is 2.35. The third-order valence-corrected chi connectivity index (χ3v) is 3.46. The molecule has 2 rings (SSSR count). The van der Waals surface area contributed by atoms with Crippen LogP contribution in [0.4, 0.5) is 5.82 Å². The quantitative estimate of drug-likeness (QED) is 0.815. The Bertz CT molecular complexity index is 317. The molecule has 0 bridgehead atoms. The van der Waals surface area contributed by atoms with Gasteiger partial charge in [0.05, 0.1) is 0 Å². The Kier molecular flexibility index (Phi) is 4.28. The highest BCUT2D eigenvalue weighted by Gasteiger charge is 2.22. The van der Waals surface area contributed by atoms with Crippen molar-refractivity contribution in [1.82, 2.24) is 15.1 Å². The Balaban J connectivity index is 1.90. The van der Waals surface area contributed by atoms with E-state index in [2.05, 4.69) is 26.9 Å². The molecule has 0 saturated carbocycles. The third-order valence-electron chi connectivity index (χ3n) is 3.46. The summed E-state index contributed by atoms with van der Waals surface area (Å²) in [6.45, 7) is 7.09. The van der Waals surface area contributed by atoms with Crippen LogP contribution >= 0.6 is 0 Å². The van der Waals surface area contributed by atoms with Gasteiger partial charge in [-0.05, 0) is 18.6 Å². The van der Waals surface area contributed by atoms with E-state index in [1.165, 1.54) is 0 Å². The summed E-state index contributed by atoms with van der Waals surface area (Å²) >= 11 is 0. The first-order valence-corrected chi connectivity index (χ1v) is 6.32. The first-order valence-electron chi connectivity index (χ1n) is 6.32. The van der Waals surface area contributed by atoms with Gasteiger partial charge in [0.25, 0.3) is 0 Å². The molecule has 1 aliphatic rings. The van der Waals surface area contributed by atoms with Crippen molar-refractivity contribution >= 4 is 5.82 Å². The zero-order valence-electron chi connectivity index (χ0n) is 10.4. The summed E-state index contributed by atoms with van der Waals surface area (Å²) < 4.78 is 0. The number of nitrogens with two attached hydrogens (primary N) is 1. The van der Waals surface area contributed by atoms with Gasteiger partial charge in [-0.3, -0.25) is 4.90 Å². The van der Waals surface area contributed by atoms with Gasteiger partial charge in [0, 0.05) is 45.0 Å². The van der Waals surface area contributed by atoms with E-state index in [1.54, 1.807) is 6.20 Å². The van der Waals surface area contributed by atoms with Gasteiger partial charge in [-0.2, -0.15) is 5.10 Å². The van der Waals surface area contributed by atoms with Crippen molar-refractivity contribution in [1.29, 1.82) is 0 Å². The molecular formula is C12H21N5. The van der Waals surface area contributed by atoms with Gasteiger partial charge in [0.1, 0.15) is 0 Å². The SMILES string of the molecule is CCC(CN)N1CCN(c2cccnn2)CC1. The Labute approximate surface area is 103 Å². The summed E-state index contributed by atoms with van der Waals surface area (Å²) in [7, 11) is 0. The molecule has 94 valence electrons. The van der Waals surface area contributed by atoms with Crippen molar-refractivity contribution in [3.63, 3.8) is 0 Å². The molecule has 1 saturated heterocycles. The molecule has 1 fully saturated rings.